The van der Waals surface area contributed by atoms with E-state index in [4.69, 9.17) is 6.57 Å². The van der Waals surface area contributed by atoms with Crippen LogP contribution in [-0.2, 0) is 13.2 Å². The van der Waals surface area contributed by atoms with Gasteiger partial charge >= 0.3 is 6.18 Å². The van der Waals surface area contributed by atoms with Crippen LogP contribution in [0.5, 0.6) is 0 Å². The van der Waals surface area contributed by atoms with Crippen molar-refractivity contribution >= 4 is 22.5 Å². The van der Waals surface area contributed by atoms with Gasteiger partial charge in [-0.25, -0.2) is 0 Å². The molecule has 0 spiro atoms. The third-order valence-corrected chi connectivity index (χ3v) is 6.55. The fourth-order valence-corrected chi connectivity index (χ4v) is 4.60. The van der Waals surface area contributed by atoms with Crippen LogP contribution in [0.15, 0.2) is 41.3 Å². The molecule has 4 heterocycles. The highest BCUT2D eigenvalue weighted by molar-refractivity contribution is 5.89. The lowest BCUT2D eigenvalue weighted by atomic mass is 10.0. The Morgan fingerprint density at radius 2 is 1.88 bits per heavy atom. The number of rotatable bonds is 3. The highest BCUT2D eigenvalue weighted by atomic mass is 19.4. The van der Waals surface area contributed by atoms with Gasteiger partial charge in [0.05, 0.1) is 22.5 Å². The Balaban J connectivity index is 1.64. The zero-order valence-corrected chi connectivity index (χ0v) is 19.3. The van der Waals surface area contributed by atoms with Crippen molar-refractivity contribution in [2.45, 2.75) is 45.1 Å². The molecular formula is C24H25F3N6O. The minimum absolute atomic E-state index is 0.0122. The van der Waals surface area contributed by atoms with Crippen LogP contribution in [0, 0.1) is 6.57 Å². The van der Waals surface area contributed by atoms with E-state index in [-0.39, 0.29) is 29.5 Å². The highest BCUT2D eigenvalue weighted by Gasteiger charge is 2.35. The number of aromatic nitrogens is 3. The predicted octanol–water partition coefficient (Wildman–Crippen LogP) is 4.56. The minimum atomic E-state index is -4.42. The molecule has 0 N–H and O–H groups in total. The molecule has 3 atom stereocenters. The summed E-state index contributed by atoms with van der Waals surface area (Å²) in [6, 6.07) is 7.22. The molecule has 0 amide bonds. The standard InChI is InChI=1S/C24H25F3N6O/c1-14-13-33(20-10-22(34)31(5)19-8-9-21(28-4)30-23(19)20)15(2)12-32(14)16(3)18-7-6-17(11-29-18)24(25,26)27/h6-11,14-16H,12-13H2,1-3,5H3/t14-,15+,16?/m1/s1. The van der Waals surface area contributed by atoms with Crippen molar-refractivity contribution in [1.29, 1.82) is 0 Å². The Labute approximate surface area is 195 Å². The summed E-state index contributed by atoms with van der Waals surface area (Å²) < 4.78 is 40.2. The molecule has 34 heavy (non-hydrogen) atoms. The fourth-order valence-electron chi connectivity index (χ4n) is 4.60. The van der Waals surface area contributed by atoms with Crippen molar-refractivity contribution in [3.8, 4) is 0 Å². The number of piperazine rings is 1. The van der Waals surface area contributed by atoms with Gasteiger partial charge in [0.2, 0.25) is 5.52 Å². The molecule has 3 aromatic rings. The van der Waals surface area contributed by atoms with E-state index >= 15 is 0 Å². The molecule has 10 heteroatoms. The number of halogens is 3. The van der Waals surface area contributed by atoms with Crippen molar-refractivity contribution in [3.05, 3.63) is 69.6 Å². The van der Waals surface area contributed by atoms with Crippen molar-refractivity contribution in [2.75, 3.05) is 18.0 Å². The van der Waals surface area contributed by atoms with E-state index < -0.39 is 11.7 Å². The summed E-state index contributed by atoms with van der Waals surface area (Å²) in [5.41, 5.74) is 1.58. The maximum atomic E-state index is 12.9. The number of pyridine rings is 3. The van der Waals surface area contributed by atoms with Crippen LogP contribution in [-0.4, -0.2) is 44.6 Å². The van der Waals surface area contributed by atoms with Gasteiger partial charge in [0, 0.05) is 50.5 Å². The summed E-state index contributed by atoms with van der Waals surface area (Å²) in [4.78, 5) is 29.0. The van der Waals surface area contributed by atoms with Gasteiger partial charge in [-0.3, -0.25) is 14.7 Å². The van der Waals surface area contributed by atoms with Crippen LogP contribution >= 0.6 is 0 Å². The van der Waals surface area contributed by atoms with Crippen LogP contribution in [0.2, 0.25) is 0 Å². The molecule has 0 aromatic carbocycles. The smallest absolute Gasteiger partial charge is 0.362 e. The molecule has 1 saturated heterocycles. The molecule has 7 nitrogen and oxygen atoms in total. The second kappa shape index (κ2) is 8.72. The molecule has 1 aliphatic heterocycles. The molecule has 1 unspecified atom stereocenters. The average molecular weight is 470 g/mol. The predicted molar refractivity (Wildman–Crippen MR) is 124 cm³/mol. The van der Waals surface area contributed by atoms with Gasteiger partial charge < -0.3 is 14.3 Å². The zero-order valence-electron chi connectivity index (χ0n) is 19.3. The first-order valence-electron chi connectivity index (χ1n) is 10.9. The van der Waals surface area contributed by atoms with E-state index in [9.17, 15) is 18.0 Å². The number of anilines is 1. The first-order chi connectivity index (χ1) is 16.0. The summed E-state index contributed by atoms with van der Waals surface area (Å²) in [6.07, 6.45) is -3.54. The number of nitrogens with zero attached hydrogens (tertiary/aromatic N) is 6. The molecule has 0 bridgehead atoms. The first-order valence-corrected chi connectivity index (χ1v) is 10.9. The molecular weight excluding hydrogens is 445 g/mol. The Morgan fingerprint density at radius 3 is 2.50 bits per heavy atom. The van der Waals surface area contributed by atoms with E-state index in [1.807, 2.05) is 20.8 Å². The summed E-state index contributed by atoms with van der Waals surface area (Å²) in [7, 11) is 1.68. The van der Waals surface area contributed by atoms with Gasteiger partial charge in [-0.2, -0.15) is 13.2 Å². The summed E-state index contributed by atoms with van der Waals surface area (Å²) in [6.45, 7) is 14.5. The summed E-state index contributed by atoms with van der Waals surface area (Å²) in [5.74, 6) is 0.258. The van der Waals surface area contributed by atoms with Crippen molar-refractivity contribution in [1.82, 2.24) is 19.4 Å². The number of fused-ring (bicyclic) bond motifs is 1. The van der Waals surface area contributed by atoms with Crippen LogP contribution in [0.25, 0.3) is 15.9 Å². The summed E-state index contributed by atoms with van der Waals surface area (Å²) in [5, 5.41) is 0. The first kappa shape index (κ1) is 23.7. The second-order valence-electron chi connectivity index (χ2n) is 8.77. The van der Waals surface area contributed by atoms with Crippen molar-refractivity contribution < 1.29 is 13.2 Å². The van der Waals surface area contributed by atoms with Crippen molar-refractivity contribution in [2.24, 2.45) is 7.05 Å². The minimum Gasteiger partial charge on any atom is -0.362 e. The van der Waals surface area contributed by atoms with Crippen LogP contribution in [0.1, 0.15) is 38.1 Å². The molecule has 0 radical (unpaired) electrons. The van der Waals surface area contributed by atoms with Crippen LogP contribution < -0.4 is 10.5 Å². The quantitative estimate of drug-likeness (QED) is 0.526. The molecule has 0 saturated carbocycles. The van der Waals surface area contributed by atoms with E-state index in [1.165, 1.54) is 10.6 Å². The Bertz CT molecular complexity index is 1310. The maximum Gasteiger partial charge on any atom is 0.417 e. The molecule has 178 valence electrons. The topological polar surface area (TPSA) is 58.6 Å². The van der Waals surface area contributed by atoms with Gasteiger partial charge in [-0.15, -0.1) is 4.98 Å². The fraction of sp³-hybridized carbons (Fsp3) is 0.417. The van der Waals surface area contributed by atoms with Gasteiger partial charge in [-0.1, -0.05) is 6.57 Å². The van der Waals surface area contributed by atoms with E-state index in [0.717, 1.165) is 12.3 Å². The number of hydrogen-bond donors (Lipinski definition) is 0. The zero-order chi connectivity index (χ0) is 24.8. The Hall–Kier alpha value is -3.45. The monoisotopic (exact) mass is 470 g/mol. The largest absolute Gasteiger partial charge is 0.417 e. The van der Waals surface area contributed by atoms with Crippen LogP contribution in [0.3, 0.4) is 0 Å². The van der Waals surface area contributed by atoms with E-state index in [0.29, 0.717) is 35.5 Å². The number of alkyl halides is 3. The summed E-state index contributed by atoms with van der Waals surface area (Å²) >= 11 is 0. The van der Waals surface area contributed by atoms with E-state index in [2.05, 4.69) is 24.6 Å². The van der Waals surface area contributed by atoms with E-state index in [1.54, 1.807) is 25.2 Å². The number of hydrogen-bond acceptors (Lipinski definition) is 5. The lowest BCUT2D eigenvalue weighted by molar-refractivity contribution is -0.137. The van der Waals surface area contributed by atoms with Gasteiger partial charge in [0.25, 0.3) is 11.4 Å². The number of aryl methyl sites for hydroxylation is 1. The lowest BCUT2D eigenvalue weighted by Gasteiger charge is -2.47. The van der Waals surface area contributed by atoms with Gasteiger partial charge in [0.15, 0.2) is 0 Å². The normalized spacial score (nSPS) is 20.4. The van der Waals surface area contributed by atoms with Gasteiger partial charge in [0.1, 0.15) is 0 Å². The molecule has 4 rings (SSSR count). The maximum absolute atomic E-state index is 12.9. The SMILES string of the molecule is [C-]#[N+]c1ccc2c(n1)c(N1C[C@@H](C)N(C(C)c3ccc(C(F)(F)F)cn3)C[C@@H]1C)cc(=O)n2C. The van der Waals surface area contributed by atoms with Gasteiger partial charge in [-0.05, 0) is 45.0 Å². The Morgan fingerprint density at radius 1 is 1.15 bits per heavy atom. The average Bonchev–Trinajstić information content (AvgIpc) is 2.81. The molecule has 1 fully saturated rings. The highest BCUT2D eigenvalue weighted by Crippen LogP contribution is 2.34. The van der Waals surface area contributed by atoms with Crippen LogP contribution in [0.4, 0.5) is 24.7 Å². The third kappa shape index (κ3) is 4.23. The third-order valence-electron chi connectivity index (χ3n) is 6.55. The lowest BCUT2D eigenvalue weighted by Crippen LogP contribution is -2.57. The van der Waals surface area contributed by atoms with Crippen molar-refractivity contribution in [3.63, 3.8) is 0 Å². The molecule has 0 aliphatic carbocycles. The molecule has 3 aromatic heterocycles. The molecule has 1 aliphatic rings. The second-order valence-corrected chi connectivity index (χ2v) is 8.77. The Kier molecular flexibility index (Phi) is 6.08.